The van der Waals surface area contributed by atoms with Crippen molar-refractivity contribution in [3.63, 3.8) is 0 Å². The highest BCUT2D eigenvalue weighted by Gasteiger charge is 2.07. The molecule has 4 heteroatoms. The fourth-order valence-electron chi connectivity index (χ4n) is 2.62. The molecule has 3 aromatic rings. The van der Waals surface area contributed by atoms with Crippen molar-refractivity contribution in [1.82, 2.24) is 5.43 Å². The molecule has 0 saturated heterocycles. The van der Waals surface area contributed by atoms with E-state index >= 15 is 0 Å². The van der Waals surface area contributed by atoms with E-state index in [0.717, 1.165) is 22.4 Å². The molecular weight excluding hydrogens is 344 g/mol. The number of hydrazone groups is 1. The largest absolute Gasteiger partial charge is 0.271 e. The molecule has 0 bridgehead atoms. The number of nitrogens with zero attached hydrogens (tertiary/aromatic N) is 1. The Bertz CT molecular complexity index is 901. The van der Waals surface area contributed by atoms with Crippen LogP contribution in [0.3, 0.4) is 0 Å². The number of benzene rings is 3. The van der Waals surface area contributed by atoms with Crippen LogP contribution in [0.5, 0.6) is 0 Å². The van der Waals surface area contributed by atoms with E-state index in [1.807, 2.05) is 73.7 Å². The van der Waals surface area contributed by atoms with Crippen LogP contribution < -0.4 is 5.43 Å². The standard InChI is InChI=1S/C22H19ClN2O/c1-2-21(18-12-14-20(23)15-13-18)24-25-22(26)19-10-8-17(9-11-19)16-6-4-3-5-7-16/h3-15H,2H2,1H3,(H,25,26). The van der Waals surface area contributed by atoms with Gasteiger partial charge in [0.2, 0.25) is 0 Å². The predicted octanol–water partition coefficient (Wildman–Crippen LogP) is 5.55. The van der Waals surface area contributed by atoms with Crippen LogP contribution in [0.25, 0.3) is 11.1 Å². The second-order valence-electron chi connectivity index (χ2n) is 5.80. The van der Waals surface area contributed by atoms with Crippen molar-refractivity contribution in [3.8, 4) is 11.1 Å². The summed E-state index contributed by atoms with van der Waals surface area (Å²) in [4.78, 5) is 12.4. The zero-order chi connectivity index (χ0) is 18.4. The molecule has 3 nitrogen and oxygen atoms in total. The number of nitrogens with one attached hydrogen (secondary N) is 1. The van der Waals surface area contributed by atoms with Gasteiger partial charge < -0.3 is 0 Å². The van der Waals surface area contributed by atoms with Gasteiger partial charge in [-0.2, -0.15) is 5.10 Å². The molecule has 0 fully saturated rings. The minimum absolute atomic E-state index is 0.232. The van der Waals surface area contributed by atoms with Gasteiger partial charge in [-0.25, -0.2) is 5.43 Å². The highest BCUT2D eigenvalue weighted by atomic mass is 35.5. The summed E-state index contributed by atoms with van der Waals surface area (Å²) in [5.41, 5.74) is 7.14. The van der Waals surface area contributed by atoms with Crippen molar-refractivity contribution in [2.75, 3.05) is 0 Å². The van der Waals surface area contributed by atoms with Crippen molar-refractivity contribution in [3.05, 3.63) is 95.0 Å². The maximum atomic E-state index is 12.4. The lowest BCUT2D eigenvalue weighted by Crippen LogP contribution is -2.19. The van der Waals surface area contributed by atoms with Crippen molar-refractivity contribution in [1.29, 1.82) is 0 Å². The van der Waals surface area contributed by atoms with E-state index in [4.69, 9.17) is 11.6 Å². The molecular formula is C22H19ClN2O. The zero-order valence-electron chi connectivity index (χ0n) is 14.4. The van der Waals surface area contributed by atoms with E-state index in [1.165, 1.54) is 0 Å². The molecule has 26 heavy (non-hydrogen) atoms. The van der Waals surface area contributed by atoms with Crippen molar-refractivity contribution in [2.45, 2.75) is 13.3 Å². The maximum absolute atomic E-state index is 12.4. The summed E-state index contributed by atoms with van der Waals surface area (Å²) in [7, 11) is 0. The molecule has 0 radical (unpaired) electrons. The normalized spacial score (nSPS) is 11.2. The molecule has 3 aromatic carbocycles. The molecule has 0 heterocycles. The number of hydrogen-bond acceptors (Lipinski definition) is 2. The maximum Gasteiger partial charge on any atom is 0.271 e. The Kier molecular flexibility index (Phi) is 5.82. The van der Waals surface area contributed by atoms with Crippen LogP contribution in [-0.4, -0.2) is 11.6 Å². The highest BCUT2D eigenvalue weighted by Crippen LogP contribution is 2.19. The van der Waals surface area contributed by atoms with Crippen LogP contribution in [0.4, 0.5) is 0 Å². The lowest BCUT2D eigenvalue weighted by Gasteiger charge is -2.06. The molecule has 0 aliphatic heterocycles. The van der Waals surface area contributed by atoms with Gasteiger partial charge in [0.15, 0.2) is 0 Å². The van der Waals surface area contributed by atoms with Gasteiger partial charge in [0.25, 0.3) is 5.91 Å². The summed E-state index contributed by atoms with van der Waals surface area (Å²) >= 11 is 5.91. The first-order valence-corrected chi connectivity index (χ1v) is 8.83. The summed E-state index contributed by atoms with van der Waals surface area (Å²) in [5.74, 6) is -0.232. The molecule has 3 rings (SSSR count). The Labute approximate surface area is 158 Å². The fraction of sp³-hybridized carbons (Fsp3) is 0.0909. The minimum atomic E-state index is -0.232. The first-order chi connectivity index (χ1) is 12.7. The average molecular weight is 363 g/mol. The number of halogens is 1. The Morgan fingerprint density at radius 1 is 0.846 bits per heavy atom. The number of hydrogen-bond donors (Lipinski definition) is 1. The number of rotatable bonds is 5. The van der Waals surface area contributed by atoms with Crippen LogP contribution in [0.15, 0.2) is 84.0 Å². The molecule has 130 valence electrons. The molecule has 0 aliphatic carbocycles. The third kappa shape index (κ3) is 4.38. The third-order valence-electron chi connectivity index (χ3n) is 4.06. The lowest BCUT2D eigenvalue weighted by atomic mass is 10.0. The monoisotopic (exact) mass is 362 g/mol. The van der Waals surface area contributed by atoms with Gasteiger partial charge in [-0.3, -0.25) is 4.79 Å². The van der Waals surface area contributed by atoms with E-state index in [9.17, 15) is 4.79 Å². The quantitative estimate of drug-likeness (QED) is 0.469. The molecule has 0 saturated carbocycles. The molecule has 0 atom stereocenters. The second-order valence-corrected chi connectivity index (χ2v) is 6.24. The van der Waals surface area contributed by atoms with Crippen LogP contribution in [-0.2, 0) is 0 Å². The third-order valence-corrected chi connectivity index (χ3v) is 4.31. The Hall–Kier alpha value is -2.91. The number of amides is 1. The highest BCUT2D eigenvalue weighted by molar-refractivity contribution is 6.30. The average Bonchev–Trinajstić information content (AvgIpc) is 2.70. The van der Waals surface area contributed by atoms with Crippen molar-refractivity contribution >= 4 is 23.2 Å². The van der Waals surface area contributed by atoms with Gasteiger partial charge in [0.1, 0.15) is 0 Å². The summed E-state index contributed by atoms with van der Waals surface area (Å²) in [6, 6.07) is 25.0. The summed E-state index contributed by atoms with van der Waals surface area (Å²) in [5, 5.41) is 4.95. The van der Waals surface area contributed by atoms with E-state index in [0.29, 0.717) is 17.0 Å². The molecule has 1 amide bonds. The predicted molar refractivity (Wildman–Crippen MR) is 108 cm³/mol. The van der Waals surface area contributed by atoms with Crippen molar-refractivity contribution in [2.24, 2.45) is 5.10 Å². The summed E-state index contributed by atoms with van der Waals surface area (Å²) in [6.07, 6.45) is 0.703. The van der Waals surface area contributed by atoms with Gasteiger partial charge in [-0.05, 0) is 47.4 Å². The SMILES string of the molecule is CCC(=NNC(=O)c1ccc(-c2ccccc2)cc1)c1ccc(Cl)cc1. The van der Waals surface area contributed by atoms with Gasteiger partial charge >= 0.3 is 0 Å². The first kappa shape index (κ1) is 17.9. The van der Waals surface area contributed by atoms with Crippen LogP contribution >= 0.6 is 11.6 Å². The molecule has 0 aliphatic rings. The van der Waals surface area contributed by atoms with Crippen LogP contribution in [0.2, 0.25) is 5.02 Å². The fourth-order valence-corrected chi connectivity index (χ4v) is 2.74. The van der Waals surface area contributed by atoms with Crippen LogP contribution in [0, 0.1) is 0 Å². The Morgan fingerprint density at radius 2 is 1.42 bits per heavy atom. The van der Waals surface area contributed by atoms with Gasteiger partial charge in [-0.15, -0.1) is 0 Å². The topological polar surface area (TPSA) is 41.5 Å². The summed E-state index contributed by atoms with van der Waals surface area (Å²) in [6.45, 7) is 1.99. The first-order valence-electron chi connectivity index (χ1n) is 8.45. The Balaban J connectivity index is 1.72. The minimum Gasteiger partial charge on any atom is -0.267 e. The lowest BCUT2D eigenvalue weighted by molar-refractivity contribution is 0.0955. The van der Waals surface area contributed by atoms with Crippen molar-refractivity contribution < 1.29 is 4.79 Å². The van der Waals surface area contributed by atoms with E-state index < -0.39 is 0 Å². The number of carbonyl (C=O) groups excluding carboxylic acids is 1. The smallest absolute Gasteiger partial charge is 0.267 e. The van der Waals surface area contributed by atoms with Gasteiger partial charge in [0, 0.05) is 10.6 Å². The van der Waals surface area contributed by atoms with E-state index in [1.54, 1.807) is 12.1 Å². The molecule has 0 unspecified atom stereocenters. The molecule has 0 aromatic heterocycles. The zero-order valence-corrected chi connectivity index (χ0v) is 15.2. The molecule has 1 N–H and O–H groups in total. The number of carbonyl (C=O) groups is 1. The molecule has 0 spiro atoms. The van der Waals surface area contributed by atoms with Crippen LogP contribution in [0.1, 0.15) is 29.3 Å². The second kappa shape index (κ2) is 8.45. The van der Waals surface area contributed by atoms with E-state index in [-0.39, 0.29) is 5.91 Å². The Morgan fingerprint density at radius 3 is 2.04 bits per heavy atom. The summed E-state index contributed by atoms with van der Waals surface area (Å²) < 4.78 is 0. The van der Waals surface area contributed by atoms with Gasteiger partial charge in [0.05, 0.1) is 5.71 Å². The van der Waals surface area contributed by atoms with E-state index in [2.05, 4.69) is 10.5 Å². The van der Waals surface area contributed by atoms with Gasteiger partial charge in [-0.1, -0.05) is 73.1 Å².